The standard InChI is InChI=1S/C20H27NO5S/c1-12(22)21-27(24,25)26-19-8-7-18-17-5-3-13-11-14(23)4-6-15(13)16(17)9-10-20(18,19)2/h4,6,11,16-19,23H,3,5,7-10H2,1-2H3,(H,21,22)/t16-,17-,18+,19+,20+/m1/s1. The highest BCUT2D eigenvalue weighted by molar-refractivity contribution is 7.85. The molecule has 0 radical (unpaired) electrons. The number of phenolic OH excluding ortho intramolecular Hbond substituents is 1. The van der Waals surface area contributed by atoms with Crippen molar-refractivity contribution in [3.05, 3.63) is 29.3 Å². The smallest absolute Gasteiger partial charge is 0.362 e. The molecule has 3 aliphatic rings. The Morgan fingerprint density at radius 2 is 2.04 bits per heavy atom. The lowest BCUT2D eigenvalue weighted by Gasteiger charge is -2.50. The molecule has 1 aromatic carbocycles. The fourth-order valence-electron chi connectivity index (χ4n) is 6.03. The van der Waals surface area contributed by atoms with Crippen molar-refractivity contribution in [2.75, 3.05) is 0 Å². The molecule has 1 aromatic rings. The number of amides is 1. The summed E-state index contributed by atoms with van der Waals surface area (Å²) in [5.41, 5.74) is 2.40. The molecule has 0 aromatic heterocycles. The Morgan fingerprint density at radius 1 is 1.26 bits per heavy atom. The van der Waals surface area contributed by atoms with Gasteiger partial charge in [0.15, 0.2) is 0 Å². The van der Waals surface area contributed by atoms with Crippen molar-refractivity contribution in [1.29, 1.82) is 0 Å². The molecule has 0 unspecified atom stereocenters. The molecule has 148 valence electrons. The van der Waals surface area contributed by atoms with Gasteiger partial charge in [0, 0.05) is 6.92 Å². The molecule has 4 rings (SSSR count). The van der Waals surface area contributed by atoms with E-state index >= 15 is 0 Å². The molecule has 2 N–H and O–H groups in total. The van der Waals surface area contributed by atoms with Crippen LogP contribution in [0.15, 0.2) is 18.2 Å². The zero-order chi connectivity index (χ0) is 19.4. The largest absolute Gasteiger partial charge is 0.508 e. The van der Waals surface area contributed by atoms with Gasteiger partial charge in [-0.3, -0.25) is 4.79 Å². The van der Waals surface area contributed by atoms with Gasteiger partial charge in [-0.1, -0.05) is 13.0 Å². The van der Waals surface area contributed by atoms with Gasteiger partial charge in [-0.15, -0.1) is 0 Å². The van der Waals surface area contributed by atoms with E-state index in [1.807, 2.05) is 10.8 Å². The molecule has 27 heavy (non-hydrogen) atoms. The number of hydrogen-bond acceptors (Lipinski definition) is 5. The lowest BCUT2D eigenvalue weighted by atomic mass is 9.55. The van der Waals surface area contributed by atoms with E-state index in [1.165, 1.54) is 18.1 Å². The fraction of sp³-hybridized carbons (Fsp3) is 0.650. The van der Waals surface area contributed by atoms with Crippen LogP contribution in [0, 0.1) is 17.3 Å². The maximum Gasteiger partial charge on any atom is 0.362 e. The van der Waals surface area contributed by atoms with Gasteiger partial charge in [-0.05, 0) is 85.0 Å². The topological polar surface area (TPSA) is 92.7 Å². The number of nitrogens with one attached hydrogen (secondary N) is 1. The lowest BCUT2D eigenvalue weighted by Crippen LogP contribution is -2.46. The first-order valence-electron chi connectivity index (χ1n) is 9.73. The zero-order valence-electron chi connectivity index (χ0n) is 15.8. The highest BCUT2D eigenvalue weighted by Gasteiger charge is 2.56. The van der Waals surface area contributed by atoms with Gasteiger partial charge in [0.05, 0.1) is 6.10 Å². The first-order chi connectivity index (χ1) is 12.7. The summed E-state index contributed by atoms with van der Waals surface area (Å²) in [6.07, 6.45) is 5.17. The molecular formula is C20H27NO5S. The monoisotopic (exact) mass is 393 g/mol. The third-order valence-corrected chi connectivity index (χ3v) is 8.16. The molecule has 7 heteroatoms. The number of hydrogen-bond donors (Lipinski definition) is 2. The first kappa shape index (κ1) is 18.7. The van der Waals surface area contributed by atoms with Crippen LogP contribution in [0.5, 0.6) is 5.75 Å². The van der Waals surface area contributed by atoms with Gasteiger partial charge in [0.2, 0.25) is 5.91 Å². The molecule has 5 atom stereocenters. The van der Waals surface area contributed by atoms with Crippen LogP contribution in [0.1, 0.15) is 63.0 Å². The summed E-state index contributed by atoms with van der Waals surface area (Å²) in [5.74, 6) is 1.09. The number of fused-ring (bicyclic) bond motifs is 5. The van der Waals surface area contributed by atoms with E-state index in [0.29, 0.717) is 29.9 Å². The van der Waals surface area contributed by atoms with Crippen LogP contribution in [0.3, 0.4) is 0 Å². The summed E-state index contributed by atoms with van der Waals surface area (Å²) < 4.78 is 31.6. The molecular weight excluding hydrogens is 366 g/mol. The maximum absolute atomic E-state index is 12.1. The molecule has 1 amide bonds. The van der Waals surface area contributed by atoms with Gasteiger partial charge in [0.1, 0.15) is 5.75 Å². The summed E-state index contributed by atoms with van der Waals surface area (Å²) in [7, 11) is -4.06. The second kappa shape index (κ2) is 6.48. The van der Waals surface area contributed by atoms with Crippen molar-refractivity contribution in [1.82, 2.24) is 4.72 Å². The number of phenols is 1. The van der Waals surface area contributed by atoms with Crippen molar-refractivity contribution >= 4 is 16.2 Å². The number of aromatic hydroxyl groups is 1. The molecule has 0 spiro atoms. The molecule has 0 saturated heterocycles. The van der Waals surface area contributed by atoms with Crippen LogP contribution < -0.4 is 4.72 Å². The van der Waals surface area contributed by atoms with E-state index in [9.17, 15) is 18.3 Å². The van der Waals surface area contributed by atoms with Crippen LogP contribution in [0.25, 0.3) is 0 Å². The number of carbonyl (C=O) groups is 1. The molecule has 0 aliphatic heterocycles. The molecule has 2 saturated carbocycles. The first-order valence-corrected chi connectivity index (χ1v) is 11.1. The van der Waals surface area contributed by atoms with E-state index in [-0.39, 0.29) is 11.5 Å². The van der Waals surface area contributed by atoms with Crippen molar-refractivity contribution in [3.63, 3.8) is 0 Å². The highest BCUT2D eigenvalue weighted by atomic mass is 32.2. The SMILES string of the molecule is CC(=O)NS(=O)(=O)O[C@H]1CC[C@H]2[C@@H]3CCc4cc(O)ccc4[C@H]3CC[C@]12C. The quantitative estimate of drug-likeness (QED) is 0.823. The minimum absolute atomic E-state index is 0.193. The number of aryl methyl sites for hydroxylation is 1. The minimum Gasteiger partial charge on any atom is -0.508 e. The van der Waals surface area contributed by atoms with E-state index in [1.54, 1.807) is 6.07 Å². The van der Waals surface area contributed by atoms with Gasteiger partial charge >= 0.3 is 10.3 Å². The van der Waals surface area contributed by atoms with Crippen LogP contribution in [-0.2, 0) is 25.7 Å². The van der Waals surface area contributed by atoms with E-state index in [0.717, 1.165) is 32.1 Å². The van der Waals surface area contributed by atoms with Crippen LogP contribution in [0.4, 0.5) is 0 Å². The second-order valence-electron chi connectivity index (χ2n) is 8.62. The average molecular weight is 394 g/mol. The summed E-state index contributed by atoms with van der Waals surface area (Å²) in [6, 6.07) is 5.73. The third kappa shape index (κ3) is 3.25. The van der Waals surface area contributed by atoms with E-state index in [4.69, 9.17) is 4.18 Å². The van der Waals surface area contributed by atoms with Crippen LogP contribution >= 0.6 is 0 Å². The number of rotatable bonds is 3. The summed E-state index contributed by atoms with van der Waals surface area (Å²) >= 11 is 0. The van der Waals surface area contributed by atoms with Crippen LogP contribution in [-0.4, -0.2) is 25.5 Å². The Labute approximate surface area is 160 Å². The number of carbonyl (C=O) groups excluding carboxylic acids is 1. The van der Waals surface area contributed by atoms with E-state index < -0.39 is 16.2 Å². The third-order valence-electron chi connectivity index (χ3n) is 7.13. The number of benzene rings is 1. The molecule has 2 fully saturated rings. The van der Waals surface area contributed by atoms with Crippen molar-refractivity contribution in [2.45, 2.75) is 64.4 Å². The Balaban J connectivity index is 1.57. The van der Waals surface area contributed by atoms with Crippen LogP contribution in [0.2, 0.25) is 0 Å². The lowest BCUT2D eigenvalue weighted by molar-refractivity contribution is -0.117. The summed E-state index contributed by atoms with van der Waals surface area (Å²) in [4.78, 5) is 11.1. The van der Waals surface area contributed by atoms with E-state index in [2.05, 4.69) is 13.0 Å². The zero-order valence-corrected chi connectivity index (χ0v) is 16.6. The summed E-state index contributed by atoms with van der Waals surface area (Å²) in [5, 5.41) is 9.78. The maximum atomic E-state index is 12.1. The Hall–Kier alpha value is -1.60. The fourth-order valence-corrected chi connectivity index (χ4v) is 7.05. The van der Waals surface area contributed by atoms with Gasteiger partial charge in [-0.2, -0.15) is 8.42 Å². The van der Waals surface area contributed by atoms with Crippen molar-refractivity contribution < 1.29 is 22.5 Å². The summed E-state index contributed by atoms with van der Waals surface area (Å²) in [6.45, 7) is 3.32. The molecule has 3 aliphatic carbocycles. The molecule has 0 heterocycles. The molecule has 6 nitrogen and oxygen atoms in total. The minimum atomic E-state index is -4.06. The van der Waals surface area contributed by atoms with Crippen molar-refractivity contribution in [3.8, 4) is 5.75 Å². The Morgan fingerprint density at radius 3 is 2.78 bits per heavy atom. The van der Waals surface area contributed by atoms with Gasteiger partial charge in [0.25, 0.3) is 0 Å². The normalized spacial score (nSPS) is 35.0. The predicted octanol–water partition coefficient (Wildman–Crippen LogP) is 3.01. The predicted molar refractivity (Wildman–Crippen MR) is 100 cm³/mol. The van der Waals surface area contributed by atoms with Gasteiger partial charge < -0.3 is 5.11 Å². The molecule has 0 bridgehead atoms. The Kier molecular flexibility index (Phi) is 4.50. The van der Waals surface area contributed by atoms with Crippen molar-refractivity contribution in [2.24, 2.45) is 17.3 Å². The second-order valence-corrected chi connectivity index (χ2v) is 9.92. The Bertz CT molecular complexity index is 867. The van der Waals surface area contributed by atoms with Gasteiger partial charge in [-0.25, -0.2) is 8.91 Å². The highest BCUT2D eigenvalue weighted by Crippen LogP contribution is 2.61. The average Bonchev–Trinajstić information content (AvgIpc) is 2.89.